The summed E-state index contributed by atoms with van der Waals surface area (Å²) in [5.74, 6) is 2.91. The largest absolute Gasteiger partial charge is 0.467 e. The third-order valence-corrected chi connectivity index (χ3v) is 6.34. The van der Waals surface area contributed by atoms with Gasteiger partial charge in [0.25, 0.3) is 0 Å². The number of benzene rings is 1. The highest BCUT2D eigenvalue weighted by Crippen LogP contribution is 2.40. The van der Waals surface area contributed by atoms with Crippen LogP contribution in [0.3, 0.4) is 0 Å². The fourth-order valence-electron chi connectivity index (χ4n) is 3.68. The molecule has 7 heteroatoms. The van der Waals surface area contributed by atoms with Crippen molar-refractivity contribution in [2.24, 2.45) is 0 Å². The Hall–Kier alpha value is -2.54. The summed E-state index contributed by atoms with van der Waals surface area (Å²) in [6, 6.07) is 12.2. The molecule has 1 saturated carbocycles. The lowest BCUT2D eigenvalue weighted by molar-refractivity contribution is -0.129. The lowest BCUT2D eigenvalue weighted by Crippen LogP contribution is -2.37. The third-order valence-electron chi connectivity index (χ3n) is 5.39. The molecule has 1 aliphatic heterocycles. The van der Waals surface area contributed by atoms with Crippen LogP contribution in [0.5, 0.6) is 0 Å². The molecule has 2 aromatic heterocycles. The van der Waals surface area contributed by atoms with Crippen LogP contribution in [-0.4, -0.2) is 37.9 Å². The number of carbonyl (C=O) groups is 1. The predicted molar refractivity (Wildman–Crippen MR) is 106 cm³/mol. The molecule has 3 aromatic rings. The monoisotopic (exact) mass is 394 g/mol. The lowest BCUT2D eigenvalue weighted by Gasteiger charge is -2.28. The molecular weight excluding hydrogens is 372 g/mol. The Labute approximate surface area is 167 Å². The van der Waals surface area contributed by atoms with Gasteiger partial charge in [0.05, 0.1) is 18.6 Å². The van der Waals surface area contributed by atoms with Crippen LogP contribution in [0.2, 0.25) is 0 Å². The van der Waals surface area contributed by atoms with E-state index in [2.05, 4.69) is 33.0 Å². The van der Waals surface area contributed by atoms with E-state index in [9.17, 15) is 4.79 Å². The van der Waals surface area contributed by atoms with Crippen molar-refractivity contribution >= 4 is 17.7 Å². The van der Waals surface area contributed by atoms with Crippen LogP contribution in [0.1, 0.15) is 41.5 Å². The van der Waals surface area contributed by atoms with Crippen molar-refractivity contribution in [3.63, 3.8) is 0 Å². The summed E-state index contributed by atoms with van der Waals surface area (Å²) < 4.78 is 7.62. The summed E-state index contributed by atoms with van der Waals surface area (Å²) in [5, 5.41) is 9.57. The molecule has 1 aliphatic carbocycles. The first-order valence-corrected chi connectivity index (χ1v) is 10.7. The fraction of sp³-hybridized carbons (Fsp3) is 0.381. The van der Waals surface area contributed by atoms with Gasteiger partial charge in [0.1, 0.15) is 11.6 Å². The van der Waals surface area contributed by atoms with Crippen LogP contribution < -0.4 is 0 Å². The average molecular weight is 395 g/mol. The summed E-state index contributed by atoms with van der Waals surface area (Å²) in [7, 11) is 0. The Morgan fingerprint density at radius 1 is 1.14 bits per heavy atom. The zero-order chi connectivity index (χ0) is 18.9. The maximum Gasteiger partial charge on any atom is 0.233 e. The lowest BCUT2D eigenvalue weighted by atomic mass is 10.00. The number of aromatic nitrogens is 3. The molecule has 0 N–H and O–H groups in total. The van der Waals surface area contributed by atoms with Gasteiger partial charge in [-0.05, 0) is 42.5 Å². The van der Waals surface area contributed by atoms with Crippen molar-refractivity contribution in [1.82, 2.24) is 19.7 Å². The second-order valence-corrected chi connectivity index (χ2v) is 8.35. The maximum absolute atomic E-state index is 12.8. The van der Waals surface area contributed by atoms with E-state index >= 15 is 0 Å². The summed E-state index contributed by atoms with van der Waals surface area (Å²) in [4.78, 5) is 14.7. The first-order valence-electron chi connectivity index (χ1n) is 9.71. The minimum absolute atomic E-state index is 0.153. The quantitative estimate of drug-likeness (QED) is 0.599. The van der Waals surface area contributed by atoms with Crippen LogP contribution in [0.15, 0.2) is 52.2 Å². The molecular formula is C21H22N4O2S. The minimum Gasteiger partial charge on any atom is -0.467 e. The standard InChI is InChI=1S/C21H22N4O2S/c26-19(24-10-9-15-4-1-2-5-17(15)12-24)14-28-21-23-22-20(16-7-8-16)25(21)13-18-6-3-11-27-18/h1-6,11,16H,7-10,12-14H2. The molecule has 0 bridgehead atoms. The zero-order valence-electron chi connectivity index (χ0n) is 15.6. The van der Waals surface area contributed by atoms with E-state index < -0.39 is 0 Å². The number of nitrogens with zero attached hydrogens (tertiary/aromatic N) is 4. The number of hydrogen-bond donors (Lipinski definition) is 0. The van der Waals surface area contributed by atoms with E-state index in [0.717, 1.165) is 42.5 Å². The number of fused-ring (bicyclic) bond motifs is 1. The van der Waals surface area contributed by atoms with E-state index in [4.69, 9.17) is 4.42 Å². The first-order chi connectivity index (χ1) is 13.8. The normalized spacial score (nSPS) is 16.2. The molecule has 6 nitrogen and oxygen atoms in total. The summed E-state index contributed by atoms with van der Waals surface area (Å²) in [6.07, 6.45) is 4.92. The van der Waals surface area contributed by atoms with Crippen molar-refractivity contribution in [3.8, 4) is 0 Å². The van der Waals surface area contributed by atoms with Crippen molar-refractivity contribution in [2.75, 3.05) is 12.3 Å². The van der Waals surface area contributed by atoms with Gasteiger partial charge < -0.3 is 9.32 Å². The minimum atomic E-state index is 0.153. The molecule has 3 heterocycles. The SMILES string of the molecule is O=C(CSc1nnc(C2CC2)n1Cc1ccco1)N1CCc2ccccc2C1. The van der Waals surface area contributed by atoms with Crippen LogP contribution in [0.25, 0.3) is 0 Å². The molecule has 2 aliphatic rings. The molecule has 1 amide bonds. The van der Waals surface area contributed by atoms with Gasteiger partial charge >= 0.3 is 0 Å². The Morgan fingerprint density at radius 2 is 2.00 bits per heavy atom. The number of furan rings is 1. The van der Waals surface area contributed by atoms with Crippen molar-refractivity contribution in [2.45, 2.75) is 43.4 Å². The highest BCUT2D eigenvalue weighted by molar-refractivity contribution is 7.99. The van der Waals surface area contributed by atoms with E-state index in [-0.39, 0.29) is 5.91 Å². The number of hydrogen-bond acceptors (Lipinski definition) is 5. The zero-order valence-corrected chi connectivity index (χ0v) is 16.4. The van der Waals surface area contributed by atoms with E-state index in [1.165, 1.54) is 22.9 Å². The van der Waals surface area contributed by atoms with Crippen LogP contribution >= 0.6 is 11.8 Å². The van der Waals surface area contributed by atoms with Gasteiger partial charge in [-0.2, -0.15) is 0 Å². The van der Waals surface area contributed by atoms with Crippen molar-refractivity contribution in [3.05, 3.63) is 65.4 Å². The van der Waals surface area contributed by atoms with Gasteiger partial charge in [0.15, 0.2) is 5.16 Å². The highest BCUT2D eigenvalue weighted by atomic mass is 32.2. The van der Waals surface area contributed by atoms with Crippen LogP contribution in [-0.2, 0) is 24.3 Å². The summed E-state index contributed by atoms with van der Waals surface area (Å²) in [6.45, 7) is 2.09. The maximum atomic E-state index is 12.8. The molecule has 1 aromatic carbocycles. The predicted octanol–water partition coefficient (Wildman–Crippen LogP) is 3.47. The fourth-order valence-corrected chi connectivity index (χ4v) is 4.53. The smallest absolute Gasteiger partial charge is 0.233 e. The van der Waals surface area contributed by atoms with Gasteiger partial charge in [0, 0.05) is 19.0 Å². The van der Waals surface area contributed by atoms with Gasteiger partial charge in [-0.1, -0.05) is 36.0 Å². The third kappa shape index (κ3) is 3.58. The summed E-state index contributed by atoms with van der Waals surface area (Å²) >= 11 is 1.47. The topological polar surface area (TPSA) is 64.2 Å². The number of amides is 1. The average Bonchev–Trinajstić information content (AvgIpc) is 3.29. The molecule has 0 unspecified atom stereocenters. The molecule has 5 rings (SSSR count). The Morgan fingerprint density at radius 3 is 2.79 bits per heavy atom. The second-order valence-electron chi connectivity index (χ2n) is 7.40. The Bertz CT molecular complexity index is 978. The van der Waals surface area contributed by atoms with E-state index in [1.54, 1.807) is 6.26 Å². The second kappa shape index (κ2) is 7.47. The first kappa shape index (κ1) is 17.6. The van der Waals surface area contributed by atoms with E-state index in [0.29, 0.717) is 24.8 Å². The highest BCUT2D eigenvalue weighted by Gasteiger charge is 2.31. The van der Waals surface area contributed by atoms with Gasteiger partial charge in [0.2, 0.25) is 5.91 Å². The molecule has 0 atom stereocenters. The van der Waals surface area contributed by atoms with E-state index in [1.807, 2.05) is 23.1 Å². The summed E-state index contributed by atoms with van der Waals surface area (Å²) in [5.41, 5.74) is 2.61. The molecule has 0 spiro atoms. The van der Waals surface area contributed by atoms with Crippen LogP contribution in [0.4, 0.5) is 0 Å². The van der Waals surface area contributed by atoms with Crippen molar-refractivity contribution < 1.29 is 9.21 Å². The number of carbonyl (C=O) groups excluding carboxylic acids is 1. The molecule has 28 heavy (non-hydrogen) atoms. The molecule has 144 valence electrons. The molecule has 1 fully saturated rings. The van der Waals surface area contributed by atoms with Crippen molar-refractivity contribution in [1.29, 1.82) is 0 Å². The molecule has 0 radical (unpaired) electrons. The van der Waals surface area contributed by atoms with Gasteiger partial charge in [-0.3, -0.25) is 9.36 Å². The Kier molecular flexibility index (Phi) is 4.68. The molecule has 0 saturated heterocycles. The van der Waals surface area contributed by atoms with Crippen LogP contribution in [0, 0.1) is 0 Å². The number of rotatable bonds is 6. The number of thioether (sulfide) groups is 1. The Balaban J connectivity index is 1.27. The van der Waals surface area contributed by atoms with Gasteiger partial charge in [-0.25, -0.2) is 0 Å². The van der Waals surface area contributed by atoms with Gasteiger partial charge in [-0.15, -0.1) is 10.2 Å².